The molecule has 1 aliphatic rings. The van der Waals surface area contributed by atoms with Crippen LogP contribution in [-0.4, -0.2) is 73.8 Å². The molecule has 0 radical (unpaired) electrons. The second-order valence-electron chi connectivity index (χ2n) is 2.47. The Morgan fingerprint density at radius 3 is 1.67 bits per heavy atom. The maximum absolute atomic E-state index is 8.92. The van der Waals surface area contributed by atoms with E-state index in [0.29, 0.717) is 6.42 Å². The Bertz CT molecular complexity index is 69.5. The number of hydrogen-bond donors (Lipinski definition) is 2. The van der Waals surface area contributed by atoms with Crippen molar-refractivity contribution >= 4 is 51.4 Å². The summed E-state index contributed by atoms with van der Waals surface area (Å²) < 4.78 is 0. The van der Waals surface area contributed by atoms with E-state index >= 15 is 0 Å². The molecule has 9 heavy (non-hydrogen) atoms. The molecule has 0 aromatic rings. The van der Waals surface area contributed by atoms with Gasteiger partial charge in [0.2, 0.25) is 0 Å². The summed E-state index contributed by atoms with van der Waals surface area (Å²) in [6.07, 6.45) is 2.83. The van der Waals surface area contributed by atoms with Crippen LogP contribution >= 0.6 is 0 Å². The van der Waals surface area contributed by atoms with Crippen molar-refractivity contribution in [1.29, 1.82) is 0 Å². The zero-order valence-electron chi connectivity index (χ0n) is 4.88. The van der Waals surface area contributed by atoms with E-state index < -0.39 is 0 Å². The van der Waals surface area contributed by atoms with E-state index in [-0.39, 0.29) is 63.6 Å². The third-order valence-corrected chi connectivity index (χ3v) is 1.62. The van der Waals surface area contributed by atoms with Crippen LogP contribution in [-0.2, 0) is 0 Å². The number of aliphatic hydroxyl groups excluding tert-OH is 2. The van der Waals surface area contributed by atoms with E-state index in [9.17, 15) is 0 Å². The average molecular weight is 156 g/mol. The van der Waals surface area contributed by atoms with Gasteiger partial charge in [-0.1, -0.05) is 0 Å². The summed E-state index contributed by atoms with van der Waals surface area (Å²) in [6.45, 7) is 0. The van der Waals surface area contributed by atoms with E-state index in [1.165, 1.54) is 0 Å². The first-order valence-corrected chi connectivity index (χ1v) is 3.15. The minimum atomic E-state index is -0.237. The molecule has 0 saturated heterocycles. The molecule has 50 valence electrons. The maximum atomic E-state index is 8.92. The van der Waals surface area contributed by atoms with Crippen LogP contribution in [0.25, 0.3) is 0 Å². The molecular formula is C6H13KO2. The van der Waals surface area contributed by atoms with Gasteiger partial charge in [0.15, 0.2) is 0 Å². The van der Waals surface area contributed by atoms with Crippen molar-refractivity contribution in [3.8, 4) is 0 Å². The molecule has 1 rings (SSSR count). The van der Waals surface area contributed by atoms with E-state index in [2.05, 4.69) is 0 Å². The van der Waals surface area contributed by atoms with Gasteiger partial charge in [0, 0.05) is 0 Å². The molecule has 2 unspecified atom stereocenters. The predicted molar refractivity (Wildman–Crippen MR) is 37.6 cm³/mol. The summed E-state index contributed by atoms with van der Waals surface area (Å²) in [5.41, 5.74) is 0. The van der Waals surface area contributed by atoms with Crippen LogP contribution in [0, 0.1) is 0 Å². The molecule has 0 bridgehead atoms. The van der Waals surface area contributed by atoms with Crippen LogP contribution < -0.4 is 0 Å². The van der Waals surface area contributed by atoms with Gasteiger partial charge >= 0.3 is 51.4 Å². The third kappa shape index (κ3) is 4.09. The predicted octanol–water partition coefficient (Wildman–Crippen LogP) is -0.366. The Morgan fingerprint density at radius 2 is 1.44 bits per heavy atom. The molecule has 0 amide bonds. The SMILES string of the molecule is OC1CCCC(O)C1.[KH]. The van der Waals surface area contributed by atoms with Gasteiger partial charge in [-0.15, -0.1) is 0 Å². The standard InChI is InChI=1S/C6H12O2.K.H/c7-5-2-1-3-6(8)4-5;;/h5-8H,1-4H2;;. The molecular weight excluding hydrogens is 143 g/mol. The minimum absolute atomic E-state index is 0. The molecule has 0 aromatic heterocycles. The Hall–Kier alpha value is 1.56. The zero-order chi connectivity index (χ0) is 5.98. The first-order chi connectivity index (χ1) is 3.79. The van der Waals surface area contributed by atoms with Crippen molar-refractivity contribution < 1.29 is 10.2 Å². The molecule has 1 saturated carbocycles. The van der Waals surface area contributed by atoms with Gasteiger partial charge in [0.25, 0.3) is 0 Å². The molecule has 0 spiro atoms. The molecule has 2 atom stereocenters. The second kappa shape index (κ2) is 5.24. The topological polar surface area (TPSA) is 40.5 Å². The second-order valence-corrected chi connectivity index (χ2v) is 2.47. The van der Waals surface area contributed by atoms with Crippen LogP contribution in [0.5, 0.6) is 0 Å². The van der Waals surface area contributed by atoms with Crippen molar-refractivity contribution in [2.24, 2.45) is 0 Å². The Labute approximate surface area is 98.1 Å². The third-order valence-electron chi connectivity index (χ3n) is 1.62. The Balaban J connectivity index is 0.000000640. The van der Waals surface area contributed by atoms with Crippen molar-refractivity contribution in [3.05, 3.63) is 0 Å². The number of aliphatic hydroxyl groups is 2. The Kier molecular flexibility index (Phi) is 6.14. The summed E-state index contributed by atoms with van der Waals surface area (Å²) in [7, 11) is 0. The van der Waals surface area contributed by atoms with Crippen molar-refractivity contribution in [3.63, 3.8) is 0 Å². The summed E-state index contributed by atoms with van der Waals surface area (Å²) in [5.74, 6) is 0. The number of rotatable bonds is 0. The zero-order valence-corrected chi connectivity index (χ0v) is 4.88. The van der Waals surface area contributed by atoms with Gasteiger partial charge in [-0.05, 0) is 25.7 Å². The van der Waals surface area contributed by atoms with Crippen molar-refractivity contribution in [2.45, 2.75) is 37.9 Å². The number of hydrogen-bond acceptors (Lipinski definition) is 2. The van der Waals surface area contributed by atoms with Crippen LogP contribution in [0.1, 0.15) is 25.7 Å². The summed E-state index contributed by atoms with van der Waals surface area (Å²) in [4.78, 5) is 0. The fourth-order valence-electron chi connectivity index (χ4n) is 1.14. The van der Waals surface area contributed by atoms with Gasteiger partial charge < -0.3 is 10.2 Å². The van der Waals surface area contributed by atoms with Gasteiger partial charge in [0.05, 0.1) is 12.2 Å². The summed E-state index contributed by atoms with van der Waals surface area (Å²) >= 11 is 0. The van der Waals surface area contributed by atoms with Crippen molar-refractivity contribution in [1.82, 2.24) is 0 Å². The van der Waals surface area contributed by atoms with E-state index in [0.717, 1.165) is 19.3 Å². The van der Waals surface area contributed by atoms with E-state index in [1.807, 2.05) is 0 Å². The molecule has 0 aromatic carbocycles. The Morgan fingerprint density at radius 1 is 1.00 bits per heavy atom. The van der Waals surface area contributed by atoms with E-state index in [4.69, 9.17) is 10.2 Å². The summed E-state index contributed by atoms with van der Waals surface area (Å²) in [6, 6.07) is 0. The normalized spacial score (nSPS) is 35.3. The molecule has 1 fully saturated rings. The van der Waals surface area contributed by atoms with Gasteiger partial charge in [-0.3, -0.25) is 0 Å². The molecule has 0 aliphatic heterocycles. The first-order valence-electron chi connectivity index (χ1n) is 3.15. The fraction of sp³-hybridized carbons (Fsp3) is 1.00. The van der Waals surface area contributed by atoms with Crippen LogP contribution in [0.15, 0.2) is 0 Å². The van der Waals surface area contributed by atoms with Crippen LogP contribution in [0.3, 0.4) is 0 Å². The monoisotopic (exact) mass is 156 g/mol. The van der Waals surface area contributed by atoms with Crippen LogP contribution in [0.4, 0.5) is 0 Å². The molecule has 3 heteroatoms. The fourth-order valence-corrected chi connectivity index (χ4v) is 1.14. The van der Waals surface area contributed by atoms with Gasteiger partial charge in [-0.25, -0.2) is 0 Å². The van der Waals surface area contributed by atoms with Gasteiger partial charge in [0.1, 0.15) is 0 Å². The summed E-state index contributed by atoms with van der Waals surface area (Å²) in [5, 5.41) is 17.8. The van der Waals surface area contributed by atoms with Crippen LogP contribution in [0.2, 0.25) is 0 Å². The van der Waals surface area contributed by atoms with E-state index in [1.54, 1.807) is 0 Å². The molecule has 2 N–H and O–H groups in total. The van der Waals surface area contributed by atoms with Gasteiger partial charge in [-0.2, -0.15) is 0 Å². The molecule has 0 heterocycles. The molecule has 2 nitrogen and oxygen atoms in total. The first kappa shape index (κ1) is 10.6. The average Bonchev–Trinajstić information content (AvgIpc) is 1.64. The quantitative estimate of drug-likeness (QED) is 0.470. The van der Waals surface area contributed by atoms with Crippen molar-refractivity contribution in [2.75, 3.05) is 0 Å². The molecule has 1 aliphatic carbocycles.